The first-order chi connectivity index (χ1) is 12.0. The van der Waals surface area contributed by atoms with Crippen molar-refractivity contribution in [1.82, 2.24) is 14.7 Å². The second kappa shape index (κ2) is 7.86. The fraction of sp³-hybridized carbons (Fsp3) is 0.222. The maximum absolute atomic E-state index is 12.2. The van der Waals surface area contributed by atoms with Crippen LogP contribution in [-0.4, -0.2) is 24.9 Å². The van der Waals surface area contributed by atoms with Crippen LogP contribution in [0.1, 0.15) is 16.8 Å². The minimum atomic E-state index is -3.36. The molecule has 0 spiro atoms. The van der Waals surface area contributed by atoms with Gasteiger partial charge < -0.3 is 0 Å². The summed E-state index contributed by atoms with van der Waals surface area (Å²) in [6, 6.07) is 13.2. The van der Waals surface area contributed by atoms with Gasteiger partial charge in [-0.25, -0.2) is 18.1 Å². The van der Waals surface area contributed by atoms with Gasteiger partial charge in [0.15, 0.2) is 0 Å². The zero-order valence-corrected chi connectivity index (χ0v) is 15.5. The summed E-state index contributed by atoms with van der Waals surface area (Å²) < 4.78 is 27.1. The Kier molecular flexibility index (Phi) is 5.57. The Bertz CT molecular complexity index is 938. The number of sulfonamides is 1. The molecule has 130 valence electrons. The predicted molar refractivity (Wildman–Crippen MR) is 101 cm³/mol. The number of rotatable bonds is 7. The number of nitrogens with one attached hydrogen (secondary N) is 1. The number of pyridine rings is 1. The predicted octanol–water partition coefficient (Wildman–Crippen LogP) is 3.18. The van der Waals surface area contributed by atoms with Crippen molar-refractivity contribution in [3.05, 3.63) is 70.9 Å². The molecule has 0 aliphatic carbocycles. The van der Waals surface area contributed by atoms with Crippen molar-refractivity contribution in [3.63, 3.8) is 0 Å². The van der Waals surface area contributed by atoms with Crippen LogP contribution in [0.3, 0.4) is 0 Å². The Morgan fingerprint density at radius 3 is 2.68 bits per heavy atom. The average Bonchev–Trinajstić information content (AvgIpc) is 3.06. The van der Waals surface area contributed by atoms with E-state index in [0.29, 0.717) is 13.0 Å². The first-order valence-corrected chi connectivity index (χ1v) is 10.4. The maximum atomic E-state index is 12.2. The van der Waals surface area contributed by atoms with Crippen LogP contribution in [0, 0.1) is 6.92 Å². The van der Waals surface area contributed by atoms with E-state index in [2.05, 4.69) is 14.7 Å². The van der Waals surface area contributed by atoms with Gasteiger partial charge in [0.1, 0.15) is 5.01 Å². The molecule has 0 unspecified atom stereocenters. The summed E-state index contributed by atoms with van der Waals surface area (Å²) in [6.45, 7) is 2.25. The van der Waals surface area contributed by atoms with E-state index in [1.54, 1.807) is 6.20 Å². The van der Waals surface area contributed by atoms with E-state index in [-0.39, 0.29) is 5.75 Å². The summed E-state index contributed by atoms with van der Waals surface area (Å²) in [5.41, 5.74) is 3.50. The number of aryl methyl sites for hydroxylation is 1. The topological polar surface area (TPSA) is 72.0 Å². The highest BCUT2D eigenvalue weighted by Crippen LogP contribution is 2.21. The highest BCUT2D eigenvalue weighted by molar-refractivity contribution is 7.88. The van der Waals surface area contributed by atoms with Gasteiger partial charge in [0, 0.05) is 24.5 Å². The molecule has 0 aliphatic rings. The molecule has 2 aromatic heterocycles. The van der Waals surface area contributed by atoms with Crippen LogP contribution >= 0.6 is 11.3 Å². The van der Waals surface area contributed by atoms with Crippen molar-refractivity contribution in [2.45, 2.75) is 19.1 Å². The summed E-state index contributed by atoms with van der Waals surface area (Å²) in [5, 5.41) is 2.79. The van der Waals surface area contributed by atoms with Crippen molar-refractivity contribution in [1.29, 1.82) is 0 Å². The van der Waals surface area contributed by atoms with E-state index in [9.17, 15) is 8.42 Å². The zero-order chi connectivity index (χ0) is 17.7. The largest absolute Gasteiger partial charge is 0.254 e. The highest BCUT2D eigenvalue weighted by atomic mass is 32.2. The Labute approximate surface area is 151 Å². The second-order valence-electron chi connectivity index (χ2n) is 5.69. The van der Waals surface area contributed by atoms with Crippen LogP contribution in [0.5, 0.6) is 0 Å². The van der Waals surface area contributed by atoms with Crippen LogP contribution in [0.25, 0.3) is 10.7 Å². The summed E-state index contributed by atoms with van der Waals surface area (Å²) in [7, 11) is -3.36. The van der Waals surface area contributed by atoms with Gasteiger partial charge in [-0.3, -0.25) is 4.98 Å². The van der Waals surface area contributed by atoms with Crippen LogP contribution in [0.4, 0.5) is 0 Å². The second-order valence-corrected chi connectivity index (χ2v) is 8.35. The van der Waals surface area contributed by atoms with Gasteiger partial charge in [-0.2, -0.15) is 0 Å². The molecule has 0 amide bonds. The number of hydrogen-bond donors (Lipinski definition) is 1. The number of hydrogen-bond acceptors (Lipinski definition) is 5. The lowest BCUT2D eigenvalue weighted by Gasteiger charge is -2.08. The van der Waals surface area contributed by atoms with Crippen molar-refractivity contribution >= 4 is 21.4 Å². The van der Waals surface area contributed by atoms with E-state index in [1.165, 1.54) is 11.3 Å². The number of thiazole rings is 1. The monoisotopic (exact) mass is 373 g/mol. The third-order valence-electron chi connectivity index (χ3n) is 3.75. The molecule has 0 saturated heterocycles. The Balaban J connectivity index is 1.56. The molecule has 0 aliphatic heterocycles. The van der Waals surface area contributed by atoms with E-state index >= 15 is 0 Å². The lowest BCUT2D eigenvalue weighted by Crippen LogP contribution is -2.27. The standard InChI is InChI=1S/C18H19N3O2S2/c1-14-6-2-3-7-15(14)13-25(22,23)20-11-9-16-12-24-18(21-16)17-8-4-5-10-19-17/h2-8,10,12,20H,9,11,13H2,1H3. The Hall–Kier alpha value is -2.09. The zero-order valence-electron chi connectivity index (χ0n) is 13.8. The molecular weight excluding hydrogens is 354 g/mol. The van der Waals surface area contributed by atoms with E-state index in [1.807, 2.05) is 54.8 Å². The lowest BCUT2D eigenvalue weighted by atomic mass is 10.1. The molecule has 0 atom stereocenters. The molecule has 1 aromatic carbocycles. The molecule has 3 aromatic rings. The summed E-state index contributed by atoms with van der Waals surface area (Å²) in [5.74, 6) is -0.00404. The smallest absolute Gasteiger partial charge is 0.215 e. The molecule has 0 saturated carbocycles. The Morgan fingerprint density at radius 2 is 1.92 bits per heavy atom. The molecule has 5 nitrogen and oxygen atoms in total. The van der Waals surface area contributed by atoms with Crippen molar-refractivity contribution in [3.8, 4) is 10.7 Å². The minimum Gasteiger partial charge on any atom is -0.254 e. The number of aromatic nitrogens is 2. The summed E-state index contributed by atoms with van der Waals surface area (Å²) in [6.07, 6.45) is 2.28. The highest BCUT2D eigenvalue weighted by Gasteiger charge is 2.13. The minimum absolute atomic E-state index is 0.00404. The van der Waals surface area contributed by atoms with Gasteiger partial charge in [0.2, 0.25) is 10.0 Å². The van der Waals surface area contributed by atoms with Gasteiger partial charge in [-0.05, 0) is 30.2 Å². The van der Waals surface area contributed by atoms with E-state index in [0.717, 1.165) is 27.5 Å². The van der Waals surface area contributed by atoms with E-state index < -0.39 is 10.0 Å². The molecule has 1 N–H and O–H groups in total. The molecular formula is C18H19N3O2S2. The van der Waals surface area contributed by atoms with Crippen LogP contribution in [-0.2, 0) is 22.2 Å². The van der Waals surface area contributed by atoms with Crippen LogP contribution in [0.2, 0.25) is 0 Å². The molecule has 0 bridgehead atoms. The fourth-order valence-electron chi connectivity index (χ4n) is 2.39. The lowest BCUT2D eigenvalue weighted by molar-refractivity contribution is 0.580. The first kappa shape index (κ1) is 17.7. The normalized spacial score (nSPS) is 11.6. The first-order valence-electron chi connectivity index (χ1n) is 7.91. The SMILES string of the molecule is Cc1ccccc1CS(=O)(=O)NCCc1csc(-c2ccccn2)n1. The van der Waals surface area contributed by atoms with Gasteiger partial charge in [0.05, 0.1) is 17.1 Å². The molecule has 0 radical (unpaired) electrons. The van der Waals surface area contributed by atoms with Gasteiger partial charge in [-0.15, -0.1) is 11.3 Å². The van der Waals surface area contributed by atoms with Gasteiger partial charge >= 0.3 is 0 Å². The van der Waals surface area contributed by atoms with Gasteiger partial charge in [0.25, 0.3) is 0 Å². The molecule has 3 rings (SSSR count). The molecule has 2 heterocycles. The average molecular weight is 374 g/mol. The van der Waals surface area contributed by atoms with Crippen molar-refractivity contribution in [2.75, 3.05) is 6.54 Å². The summed E-state index contributed by atoms with van der Waals surface area (Å²) in [4.78, 5) is 8.79. The third-order valence-corrected chi connectivity index (χ3v) is 5.99. The molecule has 25 heavy (non-hydrogen) atoms. The third kappa shape index (κ3) is 4.94. The summed E-state index contributed by atoms with van der Waals surface area (Å²) >= 11 is 1.51. The number of nitrogens with zero attached hydrogens (tertiary/aromatic N) is 2. The maximum Gasteiger partial charge on any atom is 0.215 e. The fourth-order valence-corrected chi connectivity index (χ4v) is 4.47. The van der Waals surface area contributed by atoms with Crippen molar-refractivity contribution < 1.29 is 8.42 Å². The number of benzene rings is 1. The van der Waals surface area contributed by atoms with Gasteiger partial charge in [-0.1, -0.05) is 30.3 Å². The van der Waals surface area contributed by atoms with Crippen LogP contribution < -0.4 is 4.72 Å². The molecule has 7 heteroatoms. The van der Waals surface area contributed by atoms with E-state index in [4.69, 9.17) is 0 Å². The quantitative estimate of drug-likeness (QED) is 0.690. The Morgan fingerprint density at radius 1 is 1.12 bits per heavy atom. The van der Waals surface area contributed by atoms with Crippen LogP contribution in [0.15, 0.2) is 54.0 Å². The van der Waals surface area contributed by atoms with Crippen molar-refractivity contribution in [2.24, 2.45) is 0 Å². The molecule has 0 fully saturated rings.